The second-order valence-corrected chi connectivity index (χ2v) is 8.40. The number of halogens is 2. The summed E-state index contributed by atoms with van der Waals surface area (Å²) in [6.45, 7) is 0.153. The minimum atomic E-state index is -0.237. The quantitative estimate of drug-likeness (QED) is 0.751. The van der Waals surface area contributed by atoms with Crippen LogP contribution >= 0.6 is 27.5 Å². The highest BCUT2D eigenvalue weighted by atomic mass is 79.9. The Bertz CT molecular complexity index is 741. The van der Waals surface area contributed by atoms with Crippen molar-refractivity contribution in [2.24, 2.45) is 23.7 Å². The number of hydrogen-bond donors (Lipinski definition) is 1. The number of fused-ring (bicyclic) bond motifs is 5. The van der Waals surface area contributed by atoms with E-state index in [4.69, 9.17) is 11.6 Å². The highest BCUT2D eigenvalue weighted by molar-refractivity contribution is 9.10. The summed E-state index contributed by atoms with van der Waals surface area (Å²) in [5.74, 6) is 0.118. The van der Waals surface area contributed by atoms with Crippen LogP contribution in [-0.2, 0) is 14.4 Å². The lowest BCUT2D eigenvalue weighted by Crippen LogP contribution is -2.35. The molecule has 25 heavy (non-hydrogen) atoms. The van der Waals surface area contributed by atoms with Crippen LogP contribution in [0.4, 0.5) is 5.69 Å². The average molecular weight is 426 g/mol. The summed E-state index contributed by atoms with van der Waals surface area (Å²) in [5.41, 5.74) is 0.590. The Morgan fingerprint density at radius 2 is 1.84 bits per heavy atom. The van der Waals surface area contributed by atoms with E-state index in [1.54, 1.807) is 18.2 Å². The third kappa shape index (κ3) is 2.89. The van der Waals surface area contributed by atoms with Gasteiger partial charge in [0.2, 0.25) is 17.7 Å². The third-order valence-corrected chi connectivity index (χ3v) is 7.02. The first-order chi connectivity index (χ1) is 12.0. The van der Waals surface area contributed by atoms with Crippen molar-refractivity contribution in [1.82, 2.24) is 4.90 Å². The summed E-state index contributed by atoms with van der Waals surface area (Å²) in [5, 5.41) is 3.26. The molecule has 0 spiro atoms. The summed E-state index contributed by atoms with van der Waals surface area (Å²) >= 11 is 9.30. The summed E-state index contributed by atoms with van der Waals surface area (Å²) in [6.07, 6.45) is 3.23. The number of likely N-dealkylation sites (tertiary alicyclic amines) is 1. The van der Waals surface area contributed by atoms with E-state index in [9.17, 15) is 14.4 Å². The van der Waals surface area contributed by atoms with Gasteiger partial charge in [-0.3, -0.25) is 19.3 Å². The van der Waals surface area contributed by atoms with Gasteiger partial charge < -0.3 is 5.32 Å². The number of carbonyl (C=O) groups is 3. The van der Waals surface area contributed by atoms with Crippen LogP contribution in [0.3, 0.4) is 0 Å². The van der Waals surface area contributed by atoms with E-state index in [1.165, 1.54) is 4.90 Å². The molecular weight excluding hydrogens is 408 g/mol. The highest BCUT2D eigenvalue weighted by Gasteiger charge is 2.60. The maximum Gasteiger partial charge on any atom is 0.233 e. The number of rotatable bonds is 4. The number of amides is 3. The van der Waals surface area contributed by atoms with Crippen molar-refractivity contribution in [2.75, 3.05) is 11.9 Å². The number of anilines is 1. The number of nitrogens with zero attached hydrogens (tertiary/aromatic N) is 1. The molecule has 3 aliphatic rings. The van der Waals surface area contributed by atoms with Gasteiger partial charge in [0.25, 0.3) is 0 Å². The lowest BCUT2D eigenvalue weighted by atomic mass is 9.81. The zero-order chi connectivity index (χ0) is 17.7. The van der Waals surface area contributed by atoms with Crippen LogP contribution < -0.4 is 5.32 Å². The van der Waals surface area contributed by atoms with Crippen LogP contribution in [0.1, 0.15) is 25.7 Å². The smallest absolute Gasteiger partial charge is 0.233 e. The fraction of sp³-hybridized carbons (Fsp3) is 0.500. The zero-order valence-electron chi connectivity index (χ0n) is 13.5. The number of benzene rings is 1. The van der Waals surface area contributed by atoms with Crippen LogP contribution in [-0.4, -0.2) is 29.2 Å². The molecule has 0 radical (unpaired) electrons. The molecule has 1 heterocycles. The van der Waals surface area contributed by atoms with Crippen molar-refractivity contribution in [3.8, 4) is 0 Å². The molecule has 3 amide bonds. The lowest BCUT2D eigenvalue weighted by Gasteiger charge is -2.19. The Labute approximate surface area is 159 Å². The first-order valence-electron chi connectivity index (χ1n) is 8.56. The molecule has 2 saturated carbocycles. The third-order valence-electron chi connectivity index (χ3n) is 5.78. The first kappa shape index (κ1) is 17.0. The van der Waals surface area contributed by atoms with Gasteiger partial charge in [0.1, 0.15) is 0 Å². The Morgan fingerprint density at radius 1 is 1.20 bits per heavy atom. The minimum absolute atomic E-state index is 0.0679. The molecule has 1 saturated heterocycles. The van der Waals surface area contributed by atoms with E-state index >= 15 is 0 Å². The van der Waals surface area contributed by atoms with Gasteiger partial charge in [-0.15, -0.1) is 0 Å². The van der Waals surface area contributed by atoms with E-state index in [0.717, 1.165) is 23.7 Å². The van der Waals surface area contributed by atoms with Crippen LogP contribution in [0.25, 0.3) is 0 Å². The Hall–Kier alpha value is -1.40. The number of carbonyl (C=O) groups excluding carboxylic acids is 3. The fourth-order valence-corrected chi connectivity index (χ4v) is 5.13. The Balaban J connectivity index is 1.36. The maximum absolute atomic E-state index is 12.6. The average Bonchev–Trinajstić information content (AvgIpc) is 3.24. The lowest BCUT2D eigenvalue weighted by molar-refractivity contribution is -0.140. The van der Waals surface area contributed by atoms with Crippen LogP contribution in [0.15, 0.2) is 22.7 Å². The van der Waals surface area contributed by atoms with Crippen molar-refractivity contribution in [2.45, 2.75) is 25.7 Å². The second kappa shape index (κ2) is 6.40. The van der Waals surface area contributed by atoms with Gasteiger partial charge >= 0.3 is 0 Å². The first-order valence-corrected chi connectivity index (χ1v) is 9.73. The van der Waals surface area contributed by atoms with Crippen molar-refractivity contribution in [3.63, 3.8) is 0 Å². The number of nitrogens with one attached hydrogen (secondary N) is 1. The molecule has 5 nitrogen and oxygen atoms in total. The summed E-state index contributed by atoms with van der Waals surface area (Å²) in [4.78, 5) is 38.6. The van der Waals surface area contributed by atoms with Crippen molar-refractivity contribution in [1.29, 1.82) is 0 Å². The van der Waals surface area contributed by atoms with Gasteiger partial charge in [0.15, 0.2) is 0 Å². The van der Waals surface area contributed by atoms with Gasteiger partial charge in [-0.05, 0) is 65.2 Å². The van der Waals surface area contributed by atoms with E-state index in [1.807, 2.05) is 0 Å². The molecule has 1 aliphatic heterocycles. The van der Waals surface area contributed by atoms with E-state index in [0.29, 0.717) is 22.5 Å². The normalized spacial score (nSPS) is 30.1. The summed E-state index contributed by atoms with van der Waals surface area (Å²) in [7, 11) is 0. The molecule has 1 aromatic carbocycles. The largest absolute Gasteiger partial charge is 0.326 e. The van der Waals surface area contributed by atoms with Gasteiger partial charge in [0.05, 0.1) is 16.9 Å². The van der Waals surface area contributed by atoms with Gasteiger partial charge in [-0.2, -0.15) is 0 Å². The minimum Gasteiger partial charge on any atom is -0.326 e. The molecule has 132 valence electrons. The number of imide groups is 1. The van der Waals surface area contributed by atoms with Crippen LogP contribution in [0.2, 0.25) is 5.02 Å². The molecule has 7 heteroatoms. The zero-order valence-corrected chi connectivity index (χ0v) is 15.8. The molecule has 2 aliphatic carbocycles. The van der Waals surface area contributed by atoms with Gasteiger partial charge in [0, 0.05) is 23.1 Å². The molecule has 4 rings (SSSR count). The van der Waals surface area contributed by atoms with E-state index in [-0.39, 0.29) is 42.5 Å². The molecule has 3 fully saturated rings. The maximum atomic E-state index is 12.6. The van der Waals surface area contributed by atoms with Gasteiger partial charge in [-0.1, -0.05) is 11.6 Å². The molecule has 0 unspecified atom stereocenters. The molecule has 0 aromatic heterocycles. The second-order valence-electron chi connectivity index (χ2n) is 7.14. The summed E-state index contributed by atoms with van der Waals surface area (Å²) < 4.78 is 0.751. The van der Waals surface area contributed by atoms with Crippen LogP contribution in [0, 0.1) is 23.7 Å². The molecule has 1 N–H and O–H groups in total. The molecule has 4 atom stereocenters. The predicted molar refractivity (Wildman–Crippen MR) is 96.9 cm³/mol. The standard InChI is InChI=1S/C18H18BrClN2O3/c19-12-4-3-11(8-13(12)20)21-14(23)5-6-22-17(24)15-9-1-2-10(7-9)16(15)18(22)25/h3-4,8-10,15-16H,1-2,5-7H2,(H,21,23)/t9-,10+,15-,16-/m0/s1. The topological polar surface area (TPSA) is 66.5 Å². The van der Waals surface area contributed by atoms with Gasteiger partial charge in [-0.25, -0.2) is 0 Å². The SMILES string of the molecule is O=C(CCN1C(=O)[C@H]2[C@@H]3CC[C@@H](C3)[C@@H]2C1=O)Nc1ccc(Br)c(Cl)c1. The monoisotopic (exact) mass is 424 g/mol. The van der Waals surface area contributed by atoms with Crippen molar-refractivity contribution < 1.29 is 14.4 Å². The fourth-order valence-electron chi connectivity index (χ4n) is 4.70. The van der Waals surface area contributed by atoms with E-state index in [2.05, 4.69) is 21.2 Å². The molecule has 1 aromatic rings. The molecule has 2 bridgehead atoms. The number of hydrogen-bond acceptors (Lipinski definition) is 3. The molecular formula is C18H18BrClN2O3. The van der Waals surface area contributed by atoms with E-state index < -0.39 is 0 Å². The highest BCUT2D eigenvalue weighted by Crippen LogP contribution is 2.56. The Kier molecular flexibility index (Phi) is 4.36. The predicted octanol–water partition coefficient (Wildman–Crippen LogP) is 3.46. The summed E-state index contributed by atoms with van der Waals surface area (Å²) in [6, 6.07) is 5.14. The van der Waals surface area contributed by atoms with Crippen molar-refractivity contribution in [3.05, 3.63) is 27.7 Å². The van der Waals surface area contributed by atoms with Crippen LogP contribution in [0.5, 0.6) is 0 Å². The Morgan fingerprint density at radius 3 is 2.44 bits per heavy atom. The van der Waals surface area contributed by atoms with Crippen molar-refractivity contribution >= 4 is 50.9 Å².